The van der Waals surface area contributed by atoms with Gasteiger partial charge in [-0.2, -0.15) is 5.10 Å². The molecule has 7 heteroatoms. The normalized spacial score (nSPS) is 15.4. The fourth-order valence-corrected chi connectivity index (χ4v) is 3.21. The molecule has 0 saturated carbocycles. The van der Waals surface area contributed by atoms with Gasteiger partial charge in [-0.05, 0) is 51.1 Å². The van der Waals surface area contributed by atoms with Crippen LogP contribution in [0.15, 0.2) is 36.8 Å². The first-order valence-electron chi connectivity index (χ1n) is 9.23. The number of carbonyl (C=O) groups is 1. The van der Waals surface area contributed by atoms with Crippen molar-refractivity contribution in [2.75, 3.05) is 45.6 Å². The molecule has 0 bridgehead atoms. The Balaban J connectivity index is 1.47. The molecule has 26 heavy (non-hydrogen) atoms. The molecular weight excluding hydrogens is 328 g/mol. The van der Waals surface area contributed by atoms with Gasteiger partial charge in [0.2, 0.25) is 0 Å². The number of hydrogen-bond acceptors (Lipinski definition) is 5. The Kier molecular flexibility index (Phi) is 6.22. The number of nitrogens with one attached hydrogen (secondary N) is 1. The Bertz CT molecular complexity index is 675. The second-order valence-electron chi connectivity index (χ2n) is 7.13. The van der Waals surface area contributed by atoms with Gasteiger partial charge in [-0.25, -0.2) is 4.98 Å². The van der Waals surface area contributed by atoms with Crippen LogP contribution < -0.4 is 5.32 Å². The molecule has 140 valence electrons. The van der Waals surface area contributed by atoms with E-state index in [9.17, 15) is 4.79 Å². The first-order valence-corrected chi connectivity index (χ1v) is 9.23. The van der Waals surface area contributed by atoms with E-state index in [0.717, 1.165) is 51.4 Å². The molecule has 0 atom stereocenters. The zero-order valence-corrected chi connectivity index (χ0v) is 15.6. The van der Waals surface area contributed by atoms with Crippen molar-refractivity contribution in [3.63, 3.8) is 0 Å². The highest BCUT2D eigenvalue weighted by molar-refractivity contribution is 5.94. The van der Waals surface area contributed by atoms with Crippen molar-refractivity contribution >= 4 is 11.7 Å². The standard InChI is InChI=1S/C19H28N6O/c1-23(2)13-9-20-18-5-4-17(14-21-18)19(26)24-11-6-16(7-12-24)15-25-10-3-8-22-25/h3-5,8,10,14,16H,6-7,9,11-13,15H2,1-2H3,(H,20,21). The molecule has 1 N–H and O–H groups in total. The Morgan fingerprint density at radius 2 is 2.12 bits per heavy atom. The fraction of sp³-hybridized carbons (Fsp3) is 0.526. The highest BCUT2D eigenvalue weighted by atomic mass is 16.2. The first-order chi connectivity index (χ1) is 12.6. The molecule has 2 aromatic heterocycles. The minimum atomic E-state index is 0.0786. The van der Waals surface area contributed by atoms with Crippen LogP contribution in [0, 0.1) is 5.92 Å². The van der Waals surface area contributed by atoms with Crippen LogP contribution in [0.1, 0.15) is 23.2 Å². The van der Waals surface area contributed by atoms with E-state index in [1.807, 2.05) is 54.3 Å². The number of pyridine rings is 1. The highest BCUT2D eigenvalue weighted by Gasteiger charge is 2.24. The van der Waals surface area contributed by atoms with Gasteiger partial charge in [0.15, 0.2) is 0 Å². The summed E-state index contributed by atoms with van der Waals surface area (Å²) in [6.07, 6.45) is 7.52. The molecule has 1 fully saturated rings. The van der Waals surface area contributed by atoms with E-state index in [4.69, 9.17) is 0 Å². The summed E-state index contributed by atoms with van der Waals surface area (Å²) in [5.41, 5.74) is 0.661. The number of amides is 1. The van der Waals surface area contributed by atoms with Crippen molar-refractivity contribution in [1.82, 2.24) is 24.6 Å². The molecule has 3 rings (SSSR count). The number of anilines is 1. The number of nitrogens with zero attached hydrogens (tertiary/aromatic N) is 5. The molecule has 0 unspecified atom stereocenters. The minimum absolute atomic E-state index is 0.0786. The van der Waals surface area contributed by atoms with Crippen LogP contribution >= 0.6 is 0 Å². The molecule has 0 aromatic carbocycles. The Hall–Kier alpha value is -2.41. The molecule has 1 aliphatic rings. The van der Waals surface area contributed by atoms with Crippen LogP contribution in [-0.4, -0.2) is 70.7 Å². The van der Waals surface area contributed by atoms with E-state index in [1.165, 1.54) is 0 Å². The average Bonchev–Trinajstić information content (AvgIpc) is 3.15. The van der Waals surface area contributed by atoms with Gasteiger partial charge in [-0.3, -0.25) is 9.48 Å². The maximum Gasteiger partial charge on any atom is 0.255 e. The third-order valence-corrected chi connectivity index (χ3v) is 4.78. The maximum absolute atomic E-state index is 12.7. The summed E-state index contributed by atoms with van der Waals surface area (Å²) in [5, 5.41) is 7.53. The van der Waals surface area contributed by atoms with E-state index < -0.39 is 0 Å². The van der Waals surface area contributed by atoms with E-state index >= 15 is 0 Å². The molecule has 2 aromatic rings. The van der Waals surface area contributed by atoms with Crippen molar-refractivity contribution in [3.8, 4) is 0 Å². The fourth-order valence-electron chi connectivity index (χ4n) is 3.21. The molecular formula is C19H28N6O. The molecule has 7 nitrogen and oxygen atoms in total. The Labute approximate surface area is 155 Å². The minimum Gasteiger partial charge on any atom is -0.369 e. The SMILES string of the molecule is CN(C)CCNc1ccc(C(=O)N2CCC(Cn3cccn3)CC2)cn1. The van der Waals surface area contributed by atoms with Gasteiger partial charge in [0.25, 0.3) is 5.91 Å². The van der Waals surface area contributed by atoms with Gasteiger partial charge in [0.1, 0.15) is 5.82 Å². The van der Waals surface area contributed by atoms with Crippen LogP contribution in [-0.2, 0) is 6.54 Å². The molecule has 1 aliphatic heterocycles. The van der Waals surface area contributed by atoms with Crippen molar-refractivity contribution in [1.29, 1.82) is 0 Å². The predicted molar refractivity (Wildman–Crippen MR) is 102 cm³/mol. The largest absolute Gasteiger partial charge is 0.369 e. The summed E-state index contributed by atoms with van der Waals surface area (Å²) in [6, 6.07) is 5.70. The van der Waals surface area contributed by atoms with Crippen molar-refractivity contribution < 1.29 is 4.79 Å². The van der Waals surface area contributed by atoms with Crippen molar-refractivity contribution in [2.45, 2.75) is 19.4 Å². The van der Waals surface area contributed by atoms with Gasteiger partial charge >= 0.3 is 0 Å². The lowest BCUT2D eigenvalue weighted by Gasteiger charge is -2.32. The third kappa shape index (κ3) is 5.05. The number of aromatic nitrogens is 3. The molecule has 0 aliphatic carbocycles. The van der Waals surface area contributed by atoms with Gasteiger partial charge in [-0.15, -0.1) is 0 Å². The van der Waals surface area contributed by atoms with Crippen LogP contribution in [0.3, 0.4) is 0 Å². The van der Waals surface area contributed by atoms with Gasteiger partial charge in [0, 0.05) is 51.3 Å². The topological polar surface area (TPSA) is 66.3 Å². The maximum atomic E-state index is 12.7. The lowest BCUT2D eigenvalue weighted by molar-refractivity contribution is 0.0681. The quantitative estimate of drug-likeness (QED) is 0.819. The van der Waals surface area contributed by atoms with E-state index in [0.29, 0.717) is 11.5 Å². The van der Waals surface area contributed by atoms with E-state index in [-0.39, 0.29) is 5.91 Å². The molecule has 1 saturated heterocycles. The molecule has 3 heterocycles. The zero-order valence-electron chi connectivity index (χ0n) is 15.6. The van der Waals surface area contributed by atoms with E-state index in [1.54, 1.807) is 6.20 Å². The Morgan fingerprint density at radius 3 is 2.73 bits per heavy atom. The second kappa shape index (κ2) is 8.80. The summed E-state index contributed by atoms with van der Waals surface area (Å²) < 4.78 is 1.98. The van der Waals surface area contributed by atoms with Crippen LogP contribution in [0.4, 0.5) is 5.82 Å². The summed E-state index contributed by atoms with van der Waals surface area (Å²) >= 11 is 0. The number of likely N-dealkylation sites (N-methyl/N-ethyl adjacent to an activating group) is 1. The van der Waals surface area contributed by atoms with Gasteiger partial charge in [0.05, 0.1) is 5.56 Å². The lowest BCUT2D eigenvalue weighted by atomic mass is 9.96. The first kappa shape index (κ1) is 18.4. The molecule has 1 amide bonds. The monoisotopic (exact) mass is 356 g/mol. The van der Waals surface area contributed by atoms with Gasteiger partial charge in [-0.1, -0.05) is 0 Å². The number of likely N-dealkylation sites (tertiary alicyclic amines) is 1. The zero-order chi connectivity index (χ0) is 18.4. The summed E-state index contributed by atoms with van der Waals surface area (Å²) in [7, 11) is 4.07. The smallest absolute Gasteiger partial charge is 0.255 e. The summed E-state index contributed by atoms with van der Waals surface area (Å²) in [5.74, 6) is 1.47. The van der Waals surface area contributed by atoms with E-state index in [2.05, 4.69) is 20.3 Å². The highest BCUT2D eigenvalue weighted by Crippen LogP contribution is 2.20. The summed E-state index contributed by atoms with van der Waals surface area (Å²) in [4.78, 5) is 21.1. The lowest BCUT2D eigenvalue weighted by Crippen LogP contribution is -2.39. The van der Waals surface area contributed by atoms with Crippen LogP contribution in [0.2, 0.25) is 0 Å². The third-order valence-electron chi connectivity index (χ3n) is 4.78. The van der Waals surface area contributed by atoms with Gasteiger partial charge < -0.3 is 15.1 Å². The average molecular weight is 356 g/mol. The summed E-state index contributed by atoms with van der Waals surface area (Å²) in [6.45, 7) is 4.30. The second-order valence-corrected chi connectivity index (χ2v) is 7.13. The Morgan fingerprint density at radius 1 is 1.31 bits per heavy atom. The van der Waals surface area contributed by atoms with Crippen molar-refractivity contribution in [3.05, 3.63) is 42.4 Å². The molecule has 0 radical (unpaired) electrons. The number of piperidine rings is 1. The number of hydrogen-bond donors (Lipinski definition) is 1. The molecule has 0 spiro atoms. The van der Waals surface area contributed by atoms with Crippen LogP contribution in [0.5, 0.6) is 0 Å². The number of rotatable bonds is 7. The number of carbonyl (C=O) groups excluding carboxylic acids is 1. The van der Waals surface area contributed by atoms with Crippen molar-refractivity contribution in [2.24, 2.45) is 5.92 Å². The predicted octanol–water partition coefficient (Wildman–Crippen LogP) is 1.80. The van der Waals surface area contributed by atoms with Crippen LogP contribution in [0.25, 0.3) is 0 Å².